The third-order valence-electron chi connectivity index (χ3n) is 2.58. The van der Waals surface area contributed by atoms with Crippen molar-refractivity contribution in [2.24, 2.45) is 0 Å². The first-order valence-corrected chi connectivity index (χ1v) is 6.38. The van der Waals surface area contributed by atoms with Gasteiger partial charge in [0.2, 0.25) is 6.41 Å². The molecule has 1 rings (SSSR count). The van der Waals surface area contributed by atoms with Gasteiger partial charge in [0.15, 0.2) is 0 Å². The van der Waals surface area contributed by atoms with E-state index in [0.29, 0.717) is 19.3 Å². The van der Waals surface area contributed by atoms with Crippen LogP contribution in [0.4, 0.5) is 0 Å². The van der Waals surface area contributed by atoms with E-state index in [2.05, 4.69) is 5.32 Å². The predicted molar refractivity (Wildman–Crippen MR) is 50.1 cm³/mol. The summed E-state index contributed by atoms with van der Waals surface area (Å²) < 4.78 is 22.3. The number of rotatable bonds is 3. The molecule has 1 fully saturated rings. The molecule has 0 heterocycles. The molecule has 0 aromatic heterocycles. The van der Waals surface area contributed by atoms with Crippen LogP contribution in [0.25, 0.3) is 0 Å². The highest BCUT2D eigenvalue weighted by atomic mass is 32.2. The number of carbonyl (C=O) groups is 1. The smallest absolute Gasteiger partial charge is 0.207 e. The van der Waals surface area contributed by atoms with Crippen LogP contribution >= 0.6 is 0 Å². The van der Waals surface area contributed by atoms with E-state index in [1.54, 1.807) is 0 Å². The van der Waals surface area contributed by atoms with Crippen molar-refractivity contribution in [2.45, 2.75) is 37.0 Å². The largest absolute Gasteiger partial charge is 0.356 e. The molecule has 0 aliphatic heterocycles. The van der Waals surface area contributed by atoms with Crippen LogP contribution in [0.3, 0.4) is 0 Å². The van der Waals surface area contributed by atoms with Crippen LogP contribution in [-0.4, -0.2) is 32.4 Å². The molecule has 1 N–H and O–H groups in total. The average Bonchev–Trinajstić information content (AvgIpc) is 2.04. The molecule has 1 aliphatic carbocycles. The number of sulfone groups is 1. The Balaban J connectivity index is 2.43. The summed E-state index contributed by atoms with van der Waals surface area (Å²) in [5.74, 6) is 0. The number of amides is 1. The second kappa shape index (κ2) is 4.09. The normalized spacial score (nSPS) is 29.6. The molecule has 0 aromatic carbocycles. The Morgan fingerprint density at radius 3 is 2.15 bits per heavy atom. The third-order valence-corrected chi connectivity index (χ3v) is 4.27. The first-order valence-electron chi connectivity index (χ1n) is 4.42. The Morgan fingerprint density at radius 1 is 1.23 bits per heavy atom. The molecule has 0 bridgehead atoms. The van der Waals surface area contributed by atoms with Gasteiger partial charge in [-0.2, -0.15) is 0 Å². The fourth-order valence-corrected chi connectivity index (χ4v) is 2.88. The van der Waals surface area contributed by atoms with Gasteiger partial charge in [0.1, 0.15) is 9.84 Å². The van der Waals surface area contributed by atoms with Crippen molar-refractivity contribution in [3.63, 3.8) is 0 Å². The van der Waals surface area contributed by atoms with E-state index < -0.39 is 9.84 Å². The first kappa shape index (κ1) is 10.5. The van der Waals surface area contributed by atoms with E-state index in [0.717, 1.165) is 12.8 Å². The van der Waals surface area contributed by atoms with E-state index in [9.17, 15) is 13.2 Å². The van der Waals surface area contributed by atoms with Crippen molar-refractivity contribution >= 4 is 16.2 Å². The highest BCUT2D eigenvalue weighted by Crippen LogP contribution is 2.23. The monoisotopic (exact) mass is 205 g/mol. The van der Waals surface area contributed by atoms with Crippen molar-refractivity contribution in [1.29, 1.82) is 0 Å². The van der Waals surface area contributed by atoms with Gasteiger partial charge >= 0.3 is 0 Å². The molecule has 0 radical (unpaired) electrons. The number of hydrogen-bond acceptors (Lipinski definition) is 3. The van der Waals surface area contributed by atoms with Crippen LogP contribution in [0, 0.1) is 0 Å². The van der Waals surface area contributed by atoms with Gasteiger partial charge < -0.3 is 5.32 Å². The van der Waals surface area contributed by atoms with Crippen molar-refractivity contribution in [1.82, 2.24) is 5.32 Å². The molecule has 0 saturated heterocycles. The standard InChI is InChI=1S/C8H15NO3S/c1-13(11,12)8-4-2-7(3-5-8)9-6-10/h6-8H,2-5H2,1H3,(H,9,10). The molecule has 4 nitrogen and oxygen atoms in total. The second-order valence-electron chi connectivity index (χ2n) is 3.59. The first-order chi connectivity index (χ1) is 6.04. The van der Waals surface area contributed by atoms with Gasteiger partial charge in [-0.25, -0.2) is 8.42 Å². The number of carbonyl (C=O) groups excluding carboxylic acids is 1. The van der Waals surface area contributed by atoms with Crippen LogP contribution in [0.5, 0.6) is 0 Å². The zero-order valence-electron chi connectivity index (χ0n) is 7.69. The molecule has 0 aromatic rings. The lowest BCUT2D eigenvalue weighted by atomic mass is 9.95. The minimum atomic E-state index is -2.88. The van der Waals surface area contributed by atoms with E-state index in [1.165, 1.54) is 6.26 Å². The fourth-order valence-electron chi connectivity index (χ4n) is 1.75. The molecule has 76 valence electrons. The minimum absolute atomic E-state index is 0.176. The van der Waals surface area contributed by atoms with Crippen LogP contribution in [0.15, 0.2) is 0 Å². The van der Waals surface area contributed by atoms with Crippen LogP contribution in [0.2, 0.25) is 0 Å². The lowest BCUT2D eigenvalue weighted by Crippen LogP contribution is -2.36. The van der Waals surface area contributed by atoms with Crippen LogP contribution in [0.1, 0.15) is 25.7 Å². The lowest BCUT2D eigenvalue weighted by Gasteiger charge is -2.26. The molecule has 1 aliphatic rings. The number of hydrogen-bond donors (Lipinski definition) is 1. The molecule has 0 atom stereocenters. The Morgan fingerprint density at radius 2 is 1.77 bits per heavy atom. The van der Waals surface area contributed by atoms with Gasteiger partial charge in [0.25, 0.3) is 0 Å². The second-order valence-corrected chi connectivity index (χ2v) is 5.91. The fraction of sp³-hybridized carbons (Fsp3) is 0.875. The minimum Gasteiger partial charge on any atom is -0.356 e. The molecular formula is C8H15NO3S. The summed E-state index contributed by atoms with van der Waals surface area (Å²) in [4.78, 5) is 10.1. The molecule has 1 amide bonds. The summed E-state index contributed by atoms with van der Waals surface area (Å²) >= 11 is 0. The summed E-state index contributed by atoms with van der Waals surface area (Å²) in [5.41, 5.74) is 0. The van der Waals surface area contributed by atoms with Crippen molar-refractivity contribution in [2.75, 3.05) is 6.26 Å². The predicted octanol–water partition coefficient (Wildman–Crippen LogP) is 0.0882. The van der Waals surface area contributed by atoms with Crippen molar-refractivity contribution in [3.8, 4) is 0 Å². The zero-order chi connectivity index (χ0) is 9.90. The molecule has 13 heavy (non-hydrogen) atoms. The van der Waals surface area contributed by atoms with E-state index in [1.807, 2.05) is 0 Å². The van der Waals surface area contributed by atoms with E-state index in [4.69, 9.17) is 0 Å². The molecular weight excluding hydrogens is 190 g/mol. The van der Waals surface area contributed by atoms with Crippen LogP contribution in [-0.2, 0) is 14.6 Å². The Bertz CT molecular complexity index is 265. The molecule has 5 heteroatoms. The van der Waals surface area contributed by atoms with Crippen molar-refractivity contribution in [3.05, 3.63) is 0 Å². The number of nitrogens with one attached hydrogen (secondary N) is 1. The Labute approximate surface area is 78.6 Å². The lowest BCUT2D eigenvalue weighted by molar-refractivity contribution is -0.110. The Hall–Kier alpha value is -0.580. The third kappa shape index (κ3) is 2.99. The highest BCUT2D eigenvalue weighted by Gasteiger charge is 2.27. The van der Waals surface area contributed by atoms with Crippen molar-refractivity contribution < 1.29 is 13.2 Å². The maximum atomic E-state index is 11.2. The summed E-state index contributed by atoms with van der Waals surface area (Å²) in [6.45, 7) is 0. The summed E-state index contributed by atoms with van der Waals surface area (Å²) in [5, 5.41) is 2.48. The molecule has 0 spiro atoms. The SMILES string of the molecule is CS(=O)(=O)C1CCC(NC=O)CC1. The van der Waals surface area contributed by atoms with Gasteiger partial charge in [-0.1, -0.05) is 0 Å². The summed E-state index contributed by atoms with van der Waals surface area (Å²) in [6, 6.07) is 0.176. The quantitative estimate of drug-likeness (QED) is 0.664. The van der Waals surface area contributed by atoms with E-state index >= 15 is 0 Å². The van der Waals surface area contributed by atoms with Gasteiger partial charge in [-0.3, -0.25) is 4.79 Å². The zero-order valence-corrected chi connectivity index (χ0v) is 8.51. The Kier molecular flexibility index (Phi) is 3.30. The van der Waals surface area contributed by atoms with Crippen LogP contribution < -0.4 is 5.32 Å². The summed E-state index contributed by atoms with van der Waals surface area (Å²) in [7, 11) is -2.88. The topological polar surface area (TPSA) is 63.2 Å². The van der Waals surface area contributed by atoms with E-state index in [-0.39, 0.29) is 11.3 Å². The molecule has 0 unspecified atom stereocenters. The average molecular weight is 205 g/mol. The van der Waals surface area contributed by atoms with Gasteiger partial charge in [-0.15, -0.1) is 0 Å². The maximum absolute atomic E-state index is 11.2. The van der Waals surface area contributed by atoms with Gasteiger partial charge in [0, 0.05) is 12.3 Å². The molecule has 1 saturated carbocycles. The van der Waals surface area contributed by atoms with Gasteiger partial charge in [-0.05, 0) is 25.7 Å². The summed E-state index contributed by atoms with van der Waals surface area (Å²) in [6.07, 6.45) is 4.86. The highest BCUT2D eigenvalue weighted by molar-refractivity contribution is 7.91. The maximum Gasteiger partial charge on any atom is 0.207 e. The van der Waals surface area contributed by atoms with Gasteiger partial charge in [0.05, 0.1) is 5.25 Å².